The van der Waals surface area contributed by atoms with Gasteiger partial charge in [0.2, 0.25) is 10.0 Å². The highest BCUT2D eigenvalue weighted by molar-refractivity contribution is 7.89. The van der Waals surface area contributed by atoms with Crippen molar-refractivity contribution in [1.82, 2.24) is 4.72 Å². The molecule has 0 heterocycles. The van der Waals surface area contributed by atoms with Gasteiger partial charge in [0.1, 0.15) is 6.04 Å². The van der Waals surface area contributed by atoms with Crippen molar-refractivity contribution in [1.29, 1.82) is 0 Å². The van der Waals surface area contributed by atoms with Gasteiger partial charge in [-0.3, -0.25) is 4.79 Å². The molecule has 22 heavy (non-hydrogen) atoms. The lowest BCUT2D eigenvalue weighted by atomic mass is 9.91. The first-order valence-electron chi connectivity index (χ1n) is 7.36. The Balaban J connectivity index is 2.64. The molecule has 1 aromatic carbocycles. The lowest BCUT2D eigenvalue weighted by Crippen LogP contribution is -2.43. The number of aliphatic carboxylic acids is 1. The monoisotopic (exact) mass is 327 g/mol. The zero-order valence-electron chi connectivity index (χ0n) is 13.4. The smallest absolute Gasteiger partial charge is 0.322 e. The second-order valence-corrected chi connectivity index (χ2v) is 8.55. The Hall–Kier alpha value is -1.40. The van der Waals surface area contributed by atoms with Crippen molar-refractivity contribution in [2.45, 2.75) is 46.1 Å². The number of benzene rings is 1. The molecule has 0 radical (unpaired) electrons. The van der Waals surface area contributed by atoms with Crippen molar-refractivity contribution in [3.8, 4) is 0 Å². The fourth-order valence-electron chi connectivity index (χ4n) is 2.10. The van der Waals surface area contributed by atoms with Gasteiger partial charge < -0.3 is 5.11 Å². The third-order valence-corrected chi connectivity index (χ3v) is 4.71. The molecule has 124 valence electrons. The van der Waals surface area contributed by atoms with Crippen molar-refractivity contribution >= 4 is 16.0 Å². The van der Waals surface area contributed by atoms with E-state index in [0.29, 0.717) is 6.42 Å². The second-order valence-electron chi connectivity index (χ2n) is 6.68. The Labute approximate surface area is 132 Å². The summed E-state index contributed by atoms with van der Waals surface area (Å²) in [4.78, 5) is 11.3. The van der Waals surface area contributed by atoms with Gasteiger partial charge >= 0.3 is 5.97 Å². The number of carbonyl (C=O) groups is 1. The van der Waals surface area contributed by atoms with Crippen LogP contribution in [0.1, 0.15) is 39.2 Å². The minimum absolute atomic E-state index is 0.0527. The predicted molar refractivity (Wildman–Crippen MR) is 87.2 cm³/mol. The molecule has 1 atom stereocenters. The normalized spacial score (nSPS) is 13.8. The Morgan fingerprint density at radius 3 is 2.32 bits per heavy atom. The highest BCUT2D eigenvalue weighted by Gasteiger charge is 2.24. The van der Waals surface area contributed by atoms with Crippen LogP contribution >= 0.6 is 0 Å². The summed E-state index contributed by atoms with van der Waals surface area (Å²) in [6, 6.07) is 7.85. The van der Waals surface area contributed by atoms with E-state index < -0.39 is 22.0 Å². The Bertz CT molecular complexity index is 576. The number of hydrogen-bond donors (Lipinski definition) is 2. The van der Waals surface area contributed by atoms with Gasteiger partial charge in [-0.1, -0.05) is 51.1 Å². The van der Waals surface area contributed by atoms with Crippen molar-refractivity contribution < 1.29 is 18.3 Å². The first-order chi connectivity index (χ1) is 10.1. The molecule has 0 aromatic heterocycles. The molecule has 0 saturated heterocycles. The van der Waals surface area contributed by atoms with Gasteiger partial charge in [0.25, 0.3) is 0 Å². The summed E-state index contributed by atoms with van der Waals surface area (Å²) in [6.07, 6.45) is 1.41. The van der Waals surface area contributed by atoms with E-state index in [0.717, 1.165) is 12.0 Å². The van der Waals surface area contributed by atoms with Crippen LogP contribution in [-0.2, 0) is 21.2 Å². The lowest BCUT2D eigenvalue weighted by molar-refractivity contribution is -0.138. The van der Waals surface area contributed by atoms with Crippen LogP contribution in [0.25, 0.3) is 0 Å². The summed E-state index contributed by atoms with van der Waals surface area (Å²) in [7, 11) is -3.60. The largest absolute Gasteiger partial charge is 0.480 e. The second kappa shape index (κ2) is 7.74. The molecule has 6 heteroatoms. The van der Waals surface area contributed by atoms with Crippen LogP contribution in [0.3, 0.4) is 0 Å². The van der Waals surface area contributed by atoms with Crippen LogP contribution in [0.4, 0.5) is 0 Å². The average Bonchev–Trinajstić information content (AvgIpc) is 2.37. The minimum atomic E-state index is -3.60. The molecule has 0 amide bonds. The Kier molecular flexibility index (Phi) is 6.56. The standard InChI is InChI=1S/C16H25NO4S/c1-16(2,3)10-7-11-22(20,21)17-14(15(18)19)12-13-8-5-4-6-9-13/h4-6,8-9,14,17H,7,10-12H2,1-3H3,(H,18,19)/t14-/m0/s1. The number of carboxylic acids is 1. The number of nitrogens with one attached hydrogen (secondary N) is 1. The van der Waals surface area contributed by atoms with Gasteiger partial charge in [-0.15, -0.1) is 0 Å². The molecule has 0 spiro atoms. The van der Waals surface area contributed by atoms with Crippen LogP contribution in [-0.4, -0.2) is 31.3 Å². The average molecular weight is 327 g/mol. The van der Waals surface area contributed by atoms with E-state index >= 15 is 0 Å². The number of hydrogen-bond acceptors (Lipinski definition) is 3. The SMILES string of the molecule is CC(C)(C)CCCS(=O)(=O)N[C@@H](Cc1ccccc1)C(=O)O. The molecule has 0 aliphatic rings. The third kappa shape index (κ3) is 7.56. The molecule has 0 aliphatic carbocycles. The lowest BCUT2D eigenvalue weighted by Gasteiger charge is -2.19. The third-order valence-electron chi connectivity index (χ3n) is 3.24. The van der Waals surface area contributed by atoms with E-state index in [1.807, 2.05) is 26.8 Å². The van der Waals surface area contributed by atoms with Crippen molar-refractivity contribution in [2.24, 2.45) is 5.41 Å². The summed E-state index contributed by atoms with van der Waals surface area (Å²) in [5.41, 5.74) is 0.846. The molecule has 1 rings (SSSR count). The molecule has 0 fully saturated rings. The van der Waals surface area contributed by atoms with E-state index in [2.05, 4.69) is 4.72 Å². The van der Waals surface area contributed by atoms with E-state index in [-0.39, 0.29) is 17.6 Å². The quantitative estimate of drug-likeness (QED) is 0.768. The topological polar surface area (TPSA) is 83.5 Å². The fraction of sp³-hybridized carbons (Fsp3) is 0.562. The number of carboxylic acid groups (broad SMARTS) is 1. The van der Waals surface area contributed by atoms with E-state index in [1.165, 1.54) is 0 Å². The van der Waals surface area contributed by atoms with Gasteiger partial charge in [-0.05, 0) is 30.2 Å². The Morgan fingerprint density at radius 2 is 1.82 bits per heavy atom. The molecule has 2 N–H and O–H groups in total. The summed E-state index contributed by atoms with van der Waals surface area (Å²) in [6.45, 7) is 6.13. The molecule has 0 aliphatic heterocycles. The van der Waals surface area contributed by atoms with Crippen LogP contribution < -0.4 is 4.72 Å². The molecule has 5 nitrogen and oxygen atoms in total. The number of sulfonamides is 1. The van der Waals surface area contributed by atoms with Gasteiger partial charge in [0, 0.05) is 0 Å². The number of rotatable bonds is 8. The van der Waals surface area contributed by atoms with Crippen molar-refractivity contribution in [3.63, 3.8) is 0 Å². The zero-order valence-corrected chi connectivity index (χ0v) is 14.2. The van der Waals surface area contributed by atoms with Gasteiger partial charge in [0.15, 0.2) is 0 Å². The molecular weight excluding hydrogens is 302 g/mol. The summed E-state index contributed by atoms with van der Waals surface area (Å²) in [5.74, 6) is -1.22. The van der Waals surface area contributed by atoms with Gasteiger partial charge in [-0.25, -0.2) is 13.1 Å². The zero-order chi connectivity index (χ0) is 16.8. The fourth-order valence-corrected chi connectivity index (χ4v) is 3.36. The van der Waals surface area contributed by atoms with Crippen LogP contribution in [0.2, 0.25) is 0 Å². The minimum Gasteiger partial charge on any atom is -0.480 e. The van der Waals surface area contributed by atoms with Gasteiger partial charge in [-0.2, -0.15) is 0 Å². The highest BCUT2D eigenvalue weighted by Crippen LogP contribution is 2.20. The highest BCUT2D eigenvalue weighted by atomic mass is 32.2. The predicted octanol–water partition coefficient (Wildman–Crippen LogP) is 2.43. The first-order valence-corrected chi connectivity index (χ1v) is 9.01. The maximum absolute atomic E-state index is 12.0. The molecule has 1 aromatic rings. The summed E-state index contributed by atoms with van der Waals surface area (Å²) in [5, 5.41) is 9.23. The van der Waals surface area contributed by atoms with Crippen LogP contribution in [0.15, 0.2) is 30.3 Å². The molecule has 0 bridgehead atoms. The van der Waals surface area contributed by atoms with Crippen molar-refractivity contribution in [3.05, 3.63) is 35.9 Å². The maximum Gasteiger partial charge on any atom is 0.322 e. The summed E-state index contributed by atoms with van der Waals surface area (Å²) >= 11 is 0. The maximum atomic E-state index is 12.0. The van der Waals surface area contributed by atoms with E-state index in [9.17, 15) is 18.3 Å². The Morgan fingerprint density at radius 1 is 1.23 bits per heavy atom. The van der Waals surface area contributed by atoms with Crippen molar-refractivity contribution in [2.75, 3.05) is 5.75 Å². The van der Waals surface area contributed by atoms with Crippen LogP contribution in [0, 0.1) is 5.41 Å². The molecular formula is C16H25NO4S. The van der Waals surface area contributed by atoms with E-state index in [1.54, 1.807) is 24.3 Å². The van der Waals surface area contributed by atoms with Crippen LogP contribution in [0.5, 0.6) is 0 Å². The van der Waals surface area contributed by atoms with Gasteiger partial charge in [0.05, 0.1) is 5.75 Å². The molecule has 0 unspecified atom stereocenters. The molecule has 0 saturated carbocycles. The first kappa shape index (κ1) is 18.6. The van der Waals surface area contributed by atoms with E-state index in [4.69, 9.17) is 0 Å². The summed E-state index contributed by atoms with van der Waals surface area (Å²) < 4.78 is 26.4.